The van der Waals surface area contributed by atoms with E-state index in [1.807, 2.05) is 6.07 Å². The van der Waals surface area contributed by atoms with E-state index in [1.54, 1.807) is 24.4 Å². The normalized spacial score (nSPS) is 12.4. The van der Waals surface area contributed by atoms with Crippen molar-refractivity contribution in [2.24, 2.45) is 0 Å². The molecule has 1 atom stereocenters. The lowest BCUT2D eigenvalue weighted by Gasteiger charge is -2.11. The summed E-state index contributed by atoms with van der Waals surface area (Å²) in [4.78, 5) is 4.15. The van der Waals surface area contributed by atoms with Crippen LogP contribution in [0, 0.1) is 5.82 Å². The first kappa shape index (κ1) is 13.6. The van der Waals surface area contributed by atoms with Gasteiger partial charge < -0.3 is 5.11 Å². The molecule has 0 aliphatic carbocycles. The molecule has 94 valence electrons. The van der Waals surface area contributed by atoms with Crippen molar-refractivity contribution in [3.05, 3.63) is 62.5 Å². The number of aromatic nitrogens is 1. The third-order valence-corrected chi connectivity index (χ3v) is 3.47. The monoisotopic (exact) mass is 373 g/mol. The van der Waals surface area contributed by atoms with Gasteiger partial charge in [0.15, 0.2) is 0 Å². The molecule has 0 fully saturated rings. The topological polar surface area (TPSA) is 33.1 Å². The minimum Gasteiger partial charge on any atom is -0.388 e. The fraction of sp³-hybridized carbons (Fsp3) is 0.154. The Morgan fingerprint density at radius 1 is 1.17 bits per heavy atom. The second-order valence-electron chi connectivity index (χ2n) is 3.85. The third-order valence-electron chi connectivity index (χ3n) is 2.51. The van der Waals surface area contributed by atoms with E-state index in [0.29, 0.717) is 10.2 Å². The summed E-state index contributed by atoms with van der Waals surface area (Å²) in [6, 6.07) is 8.25. The number of hydrogen-bond donors (Lipinski definition) is 1. The molecule has 0 amide bonds. The number of benzene rings is 1. The summed E-state index contributed by atoms with van der Waals surface area (Å²) in [5, 5.41) is 10.0. The largest absolute Gasteiger partial charge is 0.388 e. The van der Waals surface area contributed by atoms with Crippen molar-refractivity contribution in [3.63, 3.8) is 0 Å². The Morgan fingerprint density at radius 2 is 1.89 bits per heavy atom. The van der Waals surface area contributed by atoms with E-state index in [-0.39, 0.29) is 12.0 Å². The highest BCUT2D eigenvalue weighted by Crippen LogP contribution is 2.23. The molecule has 2 rings (SSSR count). The maximum atomic E-state index is 13.6. The van der Waals surface area contributed by atoms with Crippen molar-refractivity contribution in [2.45, 2.75) is 12.5 Å². The first-order valence-electron chi connectivity index (χ1n) is 5.29. The summed E-state index contributed by atoms with van der Waals surface area (Å²) >= 11 is 6.47. The molecule has 0 spiro atoms. The first-order chi connectivity index (χ1) is 8.56. The van der Waals surface area contributed by atoms with Gasteiger partial charge >= 0.3 is 0 Å². The lowest BCUT2D eigenvalue weighted by Crippen LogP contribution is -2.05. The van der Waals surface area contributed by atoms with Crippen LogP contribution in [0.3, 0.4) is 0 Å². The van der Waals surface area contributed by atoms with E-state index in [9.17, 15) is 9.50 Å². The van der Waals surface area contributed by atoms with Gasteiger partial charge in [0.05, 0.1) is 6.10 Å². The van der Waals surface area contributed by atoms with Crippen molar-refractivity contribution in [3.8, 4) is 0 Å². The van der Waals surface area contributed by atoms with Crippen LogP contribution in [0.1, 0.15) is 17.4 Å². The molecule has 1 N–H and O–H groups in total. The van der Waals surface area contributed by atoms with Crippen molar-refractivity contribution < 1.29 is 9.50 Å². The van der Waals surface area contributed by atoms with E-state index < -0.39 is 11.9 Å². The summed E-state index contributed by atoms with van der Waals surface area (Å²) in [5.41, 5.74) is 0.996. The fourth-order valence-corrected chi connectivity index (χ4v) is 2.17. The minimum atomic E-state index is -0.897. The molecule has 2 nitrogen and oxygen atoms in total. The molecule has 0 aliphatic heterocycles. The molecule has 1 aromatic heterocycles. The fourth-order valence-electron chi connectivity index (χ4n) is 1.61. The maximum Gasteiger partial charge on any atom is 0.130 e. The number of aliphatic hydroxyl groups excluding tert-OH is 1. The molecule has 0 aliphatic rings. The Hall–Kier alpha value is -0.780. The average Bonchev–Trinajstić information content (AvgIpc) is 2.32. The van der Waals surface area contributed by atoms with Crippen LogP contribution in [0.25, 0.3) is 0 Å². The molecule has 0 saturated heterocycles. The van der Waals surface area contributed by atoms with Crippen molar-refractivity contribution in [1.29, 1.82) is 0 Å². The van der Waals surface area contributed by atoms with Gasteiger partial charge in [-0.25, -0.2) is 4.39 Å². The number of aliphatic hydroxyl groups is 1. The van der Waals surface area contributed by atoms with Gasteiger partial charge in [0.1, 0.15) is 5.82 Å². The quantitative estimate of drug-likeness (QED) is 0.880. The zero-order chi connectivity index (χ0) is 13.1. The van der Waals surface area contributed by atoms with E-state index in [2.05, 4.69) is 36.8 Å². The second kappa shape index (κ2) is 5.91. The van der Waals surface area contributed by atoms with E-state index in [4.69, 9.17) is 0 Å². The van der Waals surface area contributed by atoms with E-state index in [1.165, 1.54) is 6.07 Å². The minimum absolute atomic E-state index is 0.280. The lowest BCUT2D eigenvalue weighted by molar-refractivity contribution is 0.172. The zero-order valence-corrected chi connectivity index (χ0v) is 12.4. The van der Waals surface area contributed by atoms with Crippen molar-refractivity contribution in [2.75, 3.05) is 0 Å². The smallest absolute Gasteiger partial charge is 0.130 e. The van der Waals surface area contributed by atoms with Crippen LogP contribution >= 0.6 is 31.9 Å². The number of pyridine rings is 1. The Kier molecular flexibility index (Phi) is 4.48. The van der Waals surface area contributed by atoms with Gasteiger partial charge in [-0.2, -0.15) is 0 Å². The molecule has 2 aromatic rings. The first-order valence-corrected chi connectivity index (χ1v) is 6.88. The van der Waals surface area contributed by atoms with Gasteiger partial charge in [-0.1, -0.05) is 22.0 Å². The summed E-state index contributed by atoms with van der Waals surface area (Å²) in [5.74, 6) is -0.422. The van der Waals surface area contributed by atoms with Gasteiger partial charge in [-0.05, 0) is 40.2 Å². The van der Waals surface area contributed by atoms with Crippen LogP contribution in [0.15, 0.2) is 45.5 Å². The molecule has 1 aromatic carbocycles. The molecular weight excluding hydrogens is 365 g/mol. The van der Waals surface area contributed by atoms with E-state index in [0.717, 1.165) is 4.47 Å². The van der Waals surface area contributed by atoms with Gasteiger partial charge in [0.2, 0.25) is 0 Å². The molecule has 0 bridgehead atoms. The standard InChI is InChI=1S/C13H10Br2FNO/c14-8-2-4-11(12(16)5-8)13(18)6-10-3-1-9(15)7-17-10/h1-5,7,13,18H,6H2. The molecule has 18 heavy (non-hydrogen) atoms. The zero-order valence-electron chi connectivity index (χ0n) is 9.28. The van der Waals surface area contributed by atoms with Gasteiger partial charge in [0, 0.05) is 32.8 Å². The number of nitrogens with zero attached hydrogens (tertiary/aromatic N) is 1. The Balaban J connectivity index is 2.16. The highest BCUT2D eigenvalue weighted by Gasteiger charge is 2.14. The summed E-state index contributed by atoms with van der Waals surface area (Å²) in [6.45, 7) is 0. The van der Waals surface area contributed by atoms with Crippen LogP contribution in [0.4, 0.5) is 4.39 Å². The second-order valence-corrected chi connectivity index (χ2v) is 5.68. The molecular formula is C13H10Br2FNO. The summed E-state index contributed by atoms with van der Waals surface area (Å²) in [6.07, 6.45) is 1.04. The van der Waals surface area contributed by atoms with Crippen LogP contribution < -0.4 is 0 Å². The van der Waals surface area contributed by atoms with Gasteiger partial charge in [0.25, 0.3) is 0 Å². The maximum absolute atomic E-state index is 13.6. The van der Waals surface area contributed by atoms with Crippen LogP contribution in [-0.2, 0) is 6.42 Å². The molecule has 1 heterocycles. The Bertz CT molecular complexity index is 545. The number of rotatable bonds is 3. The average molecular weight is 375 g/mol. The van der Waals surface area contributed by atoms with Crippen molar-refractivity contribution >= 4 is 31.9 Å². The predicted octanol–water partition coefficient (Wildman–Crippen LogP) is 4.02. The molecule has 1 unspecified atom stereocenters. The highest BCUT2D eigenvalue weighted by molar-refractivity contribution is 9.10. The van der Waals surface area contributed by atoms with Gasteiger partial charge in [-0.15, -0.1) is 0 Å². The number of halogens is 3. The highest BCUT2D eigenvalue weighted by atomic mass is 79.9. The number of hydrogen-bond acceptors (Lipinski definition) is 2. The predicted molar refractivity (Wildman–Crippen MR) is 74.7 cm³/mol. The Morgan fingerprint density at radius 3 is 2.50 bits per heavy atom. The van der Waals surface area contributed by atoms with Gasteiger partial charge in [-0.3, -0.25) is 4.98 Å². The summed E-state index contributed by atoms with van der Waals surface area (Å²) in [7, 11) is 0. The third kappa shape index (κ3) is 3.37. The van der Waals surface area contributed by atoms with Crippen LogP contribution in [-0.4, -0.2) is 10.1 Å². The lowest BCUT2D eigenvalue weighted by atomic mass is 10.0. The molecule has 5 heteroatoms. The molecule has 0 radical (unpaired) electrons. The van der Waals surface area contributed by atoms with Crippen LogP contribution in [0.2, 0.25) is 0 Å². The molecule has 0 saturated carbocycles. The Labute approximate surface area is 121 Å². The van der Waals surface area contributed by atoms with Crippen LogP contribution in [0.5, 0.6) is 0 Å². The summed E-state index contributed by atoms with van der Waals surface area (Å²) < 4.78 is 15.2. The van der Waals surface area contributed by atoms with Crippen molar-refractivity contribution in [1.82, 2.24) is 4.98 Å². The SMILES string of the molecule is OC(Cc1ccc(Br)cn1)c1ccc(Br)cc1F. The van der Waals surface area contributed by atoms with E-state index >= 15 is 0 Å².